The topological polar surface area (TPSA) is 53.1 Å². The summed E-state index contributed by atoms with van der Waals surface area (Å²) in [5, 5.41) is 0. The molecule has 0 atom stereocenters. The van der Waals surface area contributed by atoms with Gasteiger partial charge in [-0.25, -0.2) is 4.98 Å². The zero-order chi connectivity index (χ0) is 12.3. The molecule has 17 heavy (non-hydrogen) atoms. The van der Waals surface area contributed by atoms with Crippen molar-refractivity contribution in [3.63, 3.8) is 0 Å². The van der Waals surface area contributed by atoms with Crippen LogP contribution in [-0.2, 0) is 13.1 Å². The second-order valence-electron chi connectivity index (χ2n) is 3.61. The third kappa shape index (κ3) is 2.10. The Morgan fingerprint density at radius 1 is 1.53 bits per heavy atom. The van der Waals surface area contributed by atoms with Gasteiger partial charge in [-0.3, -0.25) is 0 Å². The molecule has 0 bridgehead atoms. The van der Waals surface area contributed by atoms with Gasteiger partial charge in [0.05, 0.1) is 30.7 Å². The second kappa shape index (κ2) is 4.89. The van der Waals surface area contributed by atoms with Crippen LogP contribution in [0.1, 0.15) is 12.7 Å². The van der Waals surface area contributed by atoms with Crippen molar-refractivity contribution < 1.29 is 4.74 Å². The predicted molar refractivity (Wildman–Crippen MR) is 67.6 cm³/mol. The number of nitrogens with zero attached hydrogens (tertiary/aromatic N) is 2. The summed E-state index contributed by atoms with van der Waals surface area (Å²) < 4.78 is 7.39. The lowest BCUT2D eigenvalue weighted by Gasteiger charge is -2.04. The molecule has 0 aliphatic rings. The monoisotopic (exact) mass is 229 g/mol. The van der Waals surface area contributed by atoms with Crippen LogP contribution in [0.2, 0.25) is 0 Å². The van der Waals surface area contributed by atoms with Crippen molar-refractivity contribution >= 4 is 11.0 Å². The largest absolute Gasteiger partial charge is 0.494 e. The SMILES string of the molecule is C#CCn1c(CN)nc2cc(OCC)ccc21. The fourth-order valence-electron chi connectivity index (χ4n) is 1.84. The van der Waals surface area contributed by atoms with Gasteiger partial charge in [0, 0.05) is 6.07 Å². The van der Waals surface area contributed by atoms with Crippen LogP contribution in [0.15, 0.2) is 18.2 Å². The van der Waals surface area contributed by atoms with Crippen molar-refractivity contribution in [2.24, 2.45) is 5.73 Å². The fourth-order valence-corrected chi connectivity index (χ4v) is 1.84. The third-order valence-electron chi connectivity index (χ3n) is 2.54. The van der Waals surface area contributed by atoms with Gasteiger partial charge in [-0.05, 0) is 19.1 Å². The lowest BCUT2D eigenvalue weighted by atomic mass is 10.3. The van der Waals surface area contributed by atoms with Crippen LogP contribution < -0.4 is 10.5 Å². The Balaban J connectivity index is 2.54. The number of rotatable bonds is 4. The molecule has 0 spiro atoms. The summed E-state index contributed by atoms with van der Waals surface area (Å²) in [6.45, 7) is 3.45. The Bertz CT molecular complexity index is 566. The molecule has 0 saturated carbocycles. The second-order valence-corrected chi connectivity index (χ2v) is 3.61. The Morgan fingerprint density at radius 2 is 2.35 bits per heavy atom. The van der Waals surface area contributed by atoms with Gasteiger partial charge in [0.1, 0.15) is 11.6 Å². The maximum atomic E-state index is 5.66. The highest BCUT2D eigenvalue weighted by Crippen LogP contribution is 2.21. The van der Waals surface area contributed by atoms with E-state index in [1.165, 1.54) is 0 Å². The van der Waals surface area contributed by atoms with Crippen molar-refractivity contribution in [3.8, 4) is 18.1 Å². The summed E-state index contributed by atoms with van der Waals surface area (Å²) >= 11 is 0. The summed E-state index contributed by atoms with van der Waals surface area (Å²) in [5.74, 6) is 4.22. The van der Waals surface area contributed by atoms with Gasteiger partial charge in [0.15, 0.2) is 0 Å². The number of benzene rings is 1. The first kappa shape index (κ1) is 11.5. The van der Waals surface area contributed by atoms with E-state index in [2.05, 4.69) is 10.9 Å². The molecule has 0 amide bonds. The van der Waals surface area contributed by atoms with E-state index in [-0.39, 0.29) is 0 Å². The van der Waals surface area contributed by atoms with Crippen molar-refractivity contribution in [1.82, 2.24) is 9.55 Å². The van der Waals surface area contributed by atoms with E-state index < -0.39 is 0 Å². The fraction of sp³-hybridized carbons (Fsp3) is 0.308. The normalized spacial score (nSPS) is 10.4. The summed E-state index contributed by atoms with van der Waals surface area (Å²) in [6, 6.07) is 5.79. The first-order valence-electron chi connectivity index (χ1n) is 5.55. The van der Waals surface area contributed by atoms with E-state index in [1.54, 1.807) is 0 Å². The Morgan fingerprint density at radius 3 is 3.00 bits per heavy atom. The molecule has 1 aromatic heterocycles. The Hall–Kier alpha value is -1.99. The lowest BCUT2D eigenvalue weighted by molar-refractivity contribution is 0.340. The number of nitrogens with two attached hydrogens (primary N) is 1. The molecule has 0 aliphatic heterocycles. The van der Waals surface area contributed by atoms with E-state index in [1.807, 2.05) is 29.7 Å². The van der Waals surface area contributed by atoms with Gasteiger partial charge in [0.25, 0.3) is 0 Å². The molecular weight excluding hydrogens is 214 g/mol. The number of hydrogen-bond donors (Lipinski definition) is 1. The predicted octanol–water partition coefficient (Wildman–Crippen LogP) is 1.53. The molecule has 0 radical (unpaired) electrons. The van der Waals surface area contributed by atoms with Crippen molar-refractivity contribution in [1.29, 1.82) is 0 Å². The number of fused-ring (bicyclic) bond motifs is 1. The zero-order valence-corrected chi connectivity index (χ0v) is 9.81. The van der Waals surface area contributed by atoms with E-state index in [0.29, 0.717) is 19.7 Å². The highest BCUT2D eigenvalue weighted by Gasteiger charge is 2.09. The quantitative estimate of drug-likeness (QED) is 0.809. The molecule has 1 heterocycles. The average Bonchev–Trinajstić information content (AvgIpc) is 2.68. The van der Waals surface area contributed by atoms with Gasteiger partial charge in [-0.1, -0.05) is 5.92 Å². The van der Waals surface area contributed by atoms with Gasteiger partial charge < -0.3 is 15.0 Å². The molecule has 4 nitrogen and oxygen atoms in total. The van der Waals surface area contributed by atoms with Gasteiger partial charge in [-0.2, -0.15) is 0 Å². The molecule has 4 heteroatoms. The van der Waals surface area contributed by atoms with Crippen LogP contribution in [-0.4, -0.2) is 16.2 Å². The highest BCUT2D eigenvalue weighted by atomic mass is 16.5. The first-order valence-corrected chi connectivity index (χ1v) is 5.55. The summed E-state index contributed by atoms with van der Waals surface area (Å²) in [6.07, 6.45) is 5.35. The molecule has 2 aromatic rings. The van der Waals surface area contributed by atoms with Crippen LogP contribution >= 0.6 is 0 Å². The molecule has 0 fully saturated rings. The summed E-state index contributed by atoms with van der Waals surface area (Å²) in [4.78, 5) is 4.46. The number of terminal acetylenes is 1. The minimum Gasteiger partial charge on any atom is -0.494 e. The van der Waals surface area contributed by atoms with E-state index in [9.17, 15) is 0 Å². The zero-order valence-electron chi connectivity index (χ0n) is 9.81. The van der Waals surface area contributed by atoms with Crippen molar-refractivity contribution in [2.75, 3.05) is 6.61 Å². The maximum absolute atomic E-state index is 5.66. The van der Waals surface area contributed by atoms with Crippen LogP contribution in [0.4, 0.5) is 0 Å². The molecule has 0 saturated heterocycles. The summed E-state index contributed by atoms with van der Waals surface area (Å²) in [5.41, 5.74) is 7.52. The molecule has 0 unspecified atom stereocenters. The third-order valence-corrected chi connectivity index (χ3v) is 2.54. The van der Waals surface area contributed by atoms with Gasteiger partial charge in [-0.15, -0.1) is 6.42 Å². The molecule has 2 rings (SSSR count). The number of imidazole rings is 1. The molecule has 2 N–H and O–H groups in total. The summed E-state index contributed by atoms with van der Waals surface area (Å²) in [7, 11) is 0. The van der Waals surface area contributed by atoms with E-state index >= 15 is 0 Å². The average molecular weight is 229 g/mol. The highest BCUT2D eigenvalue weighted by molar-refractivity contribution is 5.78. The van der Waals surface area contributed by atoms with Gasteiger partial charge >= 0.3 is 0 Å². The van der Waals surface area contributed by atoms with E-state index in [0.717, 1.165) is 22.6 Å². The molecule has 0 aliphatic carbocycles. The van der Waals surface area contributed by atoms with Crippen molar-refractivity contribution in [2.45, 2.75) is 20.0 Å². The van der Waals surface area contributed by atoms with Crippen molar-refractivity contribution in [3.05, 3.63) is 24.0 Å². The first-order chi connectivity index (χ1) is 8.30. The molecular formula is C13H15N3O. The molecule has 1 aromatic carbocycles. The number of ether oxygens (including phenoxy) is 1. The van der Waals surface area contributed by atoms with Crippen LogP contribution in [0.3, 0.4) is 0 Å². The minimum atomic E-state index is 0.375. The van der Waals surface area contributed by atoms with Gasteiger partial charge in [0.2, 0.25) is 0 Å². The van der Waals surface area contributed by atoms with Crippen LogP contribution in [0.5, 0.6) is 5.75 Å². The van der Waals surface area contributed by atoms with Crippen LogP contribution in [0.25, 0.3) is 11.0 Å². The van der Waals surface area contributed by atoms with E-state index in [4.69, 9.17) is 16.9 Å². The minimum absolute atomic E-state index is 0.375. The maximum Gasteiger partial charge on any atom is 0.124 e. The number of hydrogen-bond acceptors (Lipinski definition) is 3. The lowest BCUT2D eigenvalue weighted by Crippen LogP contribution is -2.07. The smallest absolute Gasteiger partial charge is 0.124 e. The standard InChI is InChI=1S/C13H15N3O/c1-3-7-16-12-6-5-10(17-4-2)8-11(12)15-13(16)9-14/h1,5-6,8H,4,7,9,14H2,2H3. The Labute approximate surface area is 100 Å². The Kier molecular flexibility index (Phi) is 3.31. The van der Waals surface area contributed by atoms with Crippen LogP contribution in [0, 0.1) is 12.3 Å². The molecule has 88 valence electrons. The number of aromatic nitrogens is 2.